The minimum Gasteiger partial charge on any atom is -0.368 e. The van der Waals surface area contributed by atoms with Crippen LogP contribution in [0, 0.1) is 0 Å². The largest absolute Gasteiger partial charge is 0.368 e. The number of nitrogens with one attached hydrogen (secondary N) is 2. The molecule has 2 aromatic heterocycles. The average molecular weight is 410 g/mol. The van der Waals surface area contributed by atoms with E-state index in [1.807, 2.05) is 72.8 Å². The number of carbonyl (C=O) groups is 1. The predicted molar refractivity (Wildman–Crippen MR) is 119 cm³/mol. The number of nitrogens with two attached hydrogens (primary N) is 1. The summed E-state index contributed by atoms with van der Waals surface area (Å²) in [5.41, 5.74) is 7.12. The minimum absolute atomic E-state index is 0.132. The zero-order valence-electron chi connectivity index (χ0n) is 16.3. The fourth-order valence-electron chi connectivity index (χ4n) is 3.59. The van der Waals surface area contributed by atoms with Gasteiger partial charge in [-0.25, -0.2) is 4.68 Å². The van der Waals surface area contributed by atoms with Gasteiger partial charge in [0.2, 0.25) is 11.9 Å². The molecule has 8 heteroatoms. The Morgan fingerprint density at radius 3 is 2.52 bits per heavy atom. The SMILES string of the molecule is NC(=O)C(Nc1nc2c(cnn2-c2ccccc2)c(=O)[nH]1)c1ccc2ccccc2c1. The molecule has 0 radical (unpaired) electrons. The maximum absolute atomic E-state index is 12.6. The summed E-state index contributed by atoms with van der Waals surface area (Å²) in [4.78, 5) is 32.0. The molecule has 0 aliphatic rings. The van der Waals surface area contributed by atoms with Crippen molar-refractivity contribution in [3.05, 3.63) is 94.9 Å². The first kappa shape index (κ1) is 18.6. The van der Waals surface area contributed by atoms with Gasteiger partial charge in [0.1, 0.15) is 11.4 Å². The van der Waals surface area contributed by atoms with Gasteiger partial charge in [0.15, 0.2) is 5.65 Å². The molecule has 0 fully saturated rings. The number of H-pyrrole nitrogens is 1. The number of fused-ring (bicyclic) bond motifs is 2. The highest BCUT2D eigenvalue weighted by Crippen LogP contribution is 2.23. The Hall–Kier alpha value is -4.46. The molecule has 3 aromatic carbocycles. The highest BCUT2D eigenvalue weighted by Gasteiger charge is 2.20. The van der Waals surface area contributed by atoms with Crippen LogP contribution >= 0.6 is 0 Å². The van der Waals surface area contributed by atoms with E-state index in [9.17, 15) is 9.59 Å². The Bertz CT molecular complexity index is 1470. The van der Waals surface area contributed by atoms with Gasteiger partial charge in [-0.3, -0.25) is 14.6 Å². The van der Waals surface area contributed by atoms with Gasteiger partial charge in [-0.05, 0) is 34.5 Å². The van der Waals surface area contributed by atoms with Gasteiger partial charge in [0.25, 0.3) is 5.56 Å². The predicted octanol–water partition coefficient (Wildman–Crippen LogP) is 2.90. The molecule has 152 valence electrons. The maximum atomic E-state index is 12.6. The molecule has 0 saturated carbocycles. The first-order chi connectivity index (χ1) is 15.1. The standard InChI is InChI=1S/C23H18N6O2/c24-20(30)19(16-11-10-14-6-4-5-7-15(14)12-16)26-23-27-21-18(22(31)28-23)13-25-29(21)17-8-2-1-3-9-17/h1-13,19H,(H2,24,30)(H2,26,27,28,31). The van der Waals surface area contributed by atoms with Gasteiger partial charge in [0, 0.05) is 0 Å². The number of carbonyl (C=O) groups excluding carboxylic acids is 1. The van der Waals surface area contributed by atoms with E-state index in [4.69, 9.17) is 5.73 Å². The van der Waals surface area contributed by atoms with Gasteiger partial charge >= 0.3 is 0 Å². The molecular formula is C23H18N6O2. The summed E-state index contributed by atoms with van der Waals surface area (Å²) in [5, 5.41) is 9.64. The monoisotopic (exact) mass is 410 g/mol. The Kier molecular flexibility index (Phi) is 4.44. The van der Waals surface area contributed by atoms with Crippen LogP contribution in [-0.4, -0.2) is 25.7 Å². The molecular weight excluding hydrogens is 392 g/mol. The zero-order chi connectivity index (χ0) is 21.4. The fraction of sp³-hybridized carbons (Fsp3) is 0.0435. The highest BCUT2D eigenvalue weighted by molar-refractivity contribution is 5.88. The number of para-hydroxylation sites is 1. The van der Waals surface area contributed by atoms with Crippen LogP contribution in [0.2, 0.25) is 0 Å². The fourth-order valence-corrected chi connectivity index (χ4v) is 3.59. The number of amides is 1. The number of hydrogen-bond donors (Lipinski definition) is 3. The van der Waals surface area contributed by atoms with E-state index >= 15 is 0 Å². The number of benzene rings is 3. The lowest BCUT2D eigenvalue weighted by Crippen LogP contribution is -2.29. The lowest BCUT2D eigenvalue weighted by Gasteiger charge is -2.17. The number of aromatic nitrogens is 4. The second-order valence-corrected chi connectivity index (χ2v) is 7.13. The molecule has 31 heavy (non-hydrogen) atoms. The van der Waals surface area contributed by atoms with E-state index in [0.29, 0.717) is 16.6 Å². The second kappa shape index (κ2) is 7.42. The minimum atomic E-state index is -0.877. The van der Waals surface area contributed by atoms with Crippen molar-refractivity contribution in [3.8, 4) is 5.69 Å². The van der Waals surface area contributed by atoms with Crippen LogP contribution < -0.4 is 16.6 Å². The molecule has 0 saturated heterocycles. The number of hydrogen-bond acceptors (Lipinski definition) is 5. The lowest BCUT2D eigenvalue weighted by molar-refractivity contribution is -0.118. The van der Waals surface area contributed by atoms with Crippen LogP contribution in [0.15, 0.2) is 83.8 Å². The summed E-state index contributed by atoms with van der Waals surface area (Å²) in [7, 11) is 0. The summed E-state index contributed by atoms with van der Waals surface area (Å²) < 4.78 is 1.57. The topological polar surface area (TPSA) is 119 Å². The summed E-state index contributed by atoms with van der Waals surface area (Å²) in [6, 6.07) is 22.0. The van der Waals surface area contributed by atoms with E-state index in [0.717, 1.165) is 16.5 Å². The number of rotatable bonds is 5. The lowest BCUT2D eigenvalue weighted by atomic mass is 10.0. The van der Waals surface area contributed by atoms with Gasteiger partial charge in [-0.15, -0.1) is 0 Å². The summed E-state index contributed by atoms with van der Waals surface area (Å²) in [6.07, 6.45) is 1.47. The third kappa shape index (κ3) is 3.40. The number of aromatic amines is 1. The molecule has 8 nitrogen and oxygen atoms in total. The van der Waals surface area contributed by atoms with Crippen LogP contribution in [0.4, 0.5) is 5.95 Å². The molecule has 1 amide bonds. The van der Waals surface area contributed by atoms with Crippen molar-refractivity contribution >= 4 is 33.7 Å². The van der Waals surface area contributed by atoms with E-state index in [2.05, 4.69) is 20.4 Å². The van der Waals surface area contributed by atoms with Crippen LogP contribution in [0.3, 0.4) is 0 Å². The van der Waals surface area contributed by atoms with Gasteiger partial charge in [-0.2, -0.15) is 10.1 Å². The van der Waals surface area contributed by atoms with Gasteiger partial charge < -0.3 is 11.1 Å². The molecule has 2 heterocycles. The van der Waals surface area contributed by atoms with E-state index in [1.54, 1.807) is 4.68 Å². The molecule has 0 aliphatic heterocycles. The van der Waals surface area contributed by atoms with Crippen molar-refractivity contribution < 1.29 is 4.79 Å². The Balaban J connectivity index is 1.57. The van der Waals surface area contributed by atoms with Gasteiger partial charge in [-0.1, -0.05) is 54.6 Å². The van der Waals surface area contributed by atoms with Gasteiger partial charge in [0.05, 0.1) is 11.9 Å². The van der Waals surface area contributed by atoms with Crippen molar-refractivity contribution in [3.63, 3.8) is 0 Å². The van der Waals surface area contributed by atoms with Crippen molar-refractivity contribution in [1.82, 2.24) is 19.7 Å². The van der Waals surface area contributed by atoms with Crippen molar-refractivity contribution in [2.45, 2.75) is 6.04 Å². The summed E-state index contributed by atoms with van der Waals surface area (Å²) >= 11 is 0. The number of anilines is 1. The third-order valence-electron chi connectivity index (χ3n) is 5.11. The van der Waals surface area contributed by atoms with E-state index < -0.39 is 11.9 Å². The number of primary amides is 1. The molecule has 0 spiro atoms. The third-order valence-corrected chi connectivity index (χ3v) is 5.11. The van der Waals surface area contributed by atoms with E-state index in [-0.39, 0.29) is 11.5 Å². The average Bonchev–Trinajstić information content (AvgIpc) is 3.22. The zero-order valence-corrected chi connectivity index (χ0v) is 16.3. The quantitative estimate of drug-likeness (QED) is 0.412. The van der Waals surface area contributed by atoms with Crippen LogP contribution in [0.25, 0.3) is 27.5 Å². The second-order valence-electron chi connectivity index (χ2n) is 7.13. The first-order valence-electron chi connectivity index (χ1n) is 9.68. The van der Waals surface area contributed by atoms with Crippen molar-refractivity contribution in [2.24, 2.45) is 5.73 Å². The van der Waals surface area contributed by atoms with Crippen molar-refractivity contribution in [2.75, 3.05) is 5.32 Å². The molecule has 4 N–H and O–H groups in total. The maximum Gasteiger partial charge on any atom is 0.263 e. The Morgan fingerprint density at radius 2 is 1.74 bits per heavy atom. The van der Waals surface area contributed by atoms with Crippen LogP contribution in [0.5, 0.6) is 0 Å². The molecule has 1 atom stereocenters. The molecule has 1 unspecified atom stereocenters. The highest BCUT2D eigenvalue weighted by atomic mass is 16.1. The molecule has 5 rings (SSSR count). The summed E-state index contributed by atoms with van der Waals surface area (Å²) in [5.74, 6) is -0.457. The molecule has 0 bridgehead atoms. The van der Waals surface area contributed by atoms with E-state index in [1.165, 1.54) is 6.20 Å². The smallest absolute Gasteiger partial charge is 0.263 e. The summed E-state index contributed by atoms with van der Waals surface area (Å²) in [6.45, 7) is 0. The molecule has 5 aromatic rings. The molecule has 0 aliphatic carbocycles. The number of nitrogens with zero attached hydrogens (tertiary/aromatic N) is 3. The normalized spacial score (nSPS) is 12.1. The Labute approximate surface area is 176 Å². The van der Waals surface area contributed by atoms with Crippen LogP contribution in [-0.2, 0) is 4.79 Å². The van der Waals surface area contributed by atoms with Crippen molar-refractivity contribution in [1.29, 1.82) is 0 Å². The first-order valence-corrected chi connectivity index (χ1v) is 9.68. The van der Waals surface area contributed by atoms with Crippen LogP contribution in [0.1, 0.15) is 11.6 Å². The Morgan fingerprint density at radius 1 is 1.00 bits per heavy atom.